The first-order valence-corrected chi connectivity index (χ1v) is 11.4. The molecule has 164 valence electrons. The van der Waals surface area contributed by atoms with Crippen molar-refractivity contribution < 1.29 is 14.6 Å². The number of fused-ring (bicyclic) bond motifs is 1. The lowest BCUT2D eigenvalue weighted by Crippen LogP contribution is -2.25. The zero-order valence-electron chi connectivity index (χ0n) is 18.0. The van der Waals surface area contributed by atoms with Gasteiger partial charge in [0, 0.05) is 18.2 Å². The number of hydrogen-bond donors (Lipinski definition) is 2. The van der Waals surface area contributed by atoms with Crippen LogP contribution in [0.2, 0.25) is 0 Å². The van der Waals surface area contributed by atoms with Crippen LogP contribution in [0.3, 0.4) is 0 Å². The van der Waals surface area contributed by atoms with Gasteiger partial charge in [0.05, 0.1) is 11.8 Å². The van der Waals surface area contributed by atoms with E-state index in [4.69, 9.17) is 4.74 Å². The Hall–Kier alpha value is -3.41. The fourth-order valence-corrected chi connectivity index (χ4v) is 4.35. The van der Waals surface area contributed by atoms with Crippen LogP contribution < -0.4 is 10.1 Å². The number of aromatic nitrogens is 2. The number of aromatic carboxylic acids is 1. The SMILES string of the molecule is O=C(O)c1ccc(-c2cc(NCCc3ccc4c(c3)CCC4)ncn2)cc1OC1CCC1. The maximum absolute atomic E-state index is 11.6. The van der Waals surface area contributed by atoms with Crippen LogP contribution in [0.5, 0.6) is 5.75 Å². The van der Waals surface area contributed by atoms with Gasteiger partial charge < -0.3 is 15.2 Å². The van der Waals surface area contributed by atoms with E-state index in [1.807, 2.05) is 6.07 Å². The molecule has 32 heavy (non-hydrogen) atoms. The quantitative estimate of drug-likeness (QED) is 0.529. The molecule has 0 aliphatic heterocycles. The van der Waals surface area contributed by atoms with Crippen molar-refractivity contribution >= 4 is 11.8 Å². The Morgan fingerprint density at radius 3 is 2.72 bits per heavy atom. The van der Waals surface area contributed by atoms with Crippen LogP contribution in [0.15, 0.2) is 48.8 Å². The number of benzene rings is 2. The average molecular weight is 430 g/mol. The lowest BCUT2D eigenvalue weighted by atomic mass is 9.96. The average Bonchev–Trinajstić information content (AvgIpc) is 3.24. The second-order valence-electron chi connectivity index (χ2n) is 8.61. The second kappa shape index (κ2) is 8.99. The second-order valence-corrected chi connectivity index (χ2v) is 8.61. The fraction of sp³-hybridized carbons (Fsp3) is 0.346. The molecule has 2 aromatic carbocycles. The van der Waals surface area contributed by atoms with Crippen molar-refractivity contribution in [2.45, 2.75) is 51.0 Å². The van der Waals surface area contributed by atoms with Gasteiger partial charge >= 0.3 is 5.97 Å². The van der Waals surface area contributed by atoms with Gasteiger partial charge in [0.15, 0.2) is 0 Å². The van der Waals surface area contributed by atoms with Crippen LogP contribution in [-0.2, 0) is 19.3 Å². The van der Waals surface area contributed by atoms with Crippen LogP contribution in [0.4, 0.5) is 5.82 Å². The van der Waals surface area contributed by atoms with Crippen LogP contribution >= 0.6 is 0 Å². The summed E-state index contributed by atoms with van der Waals surface area (Å²) in [5.41, 5.74) is 6.06. The summed E-state index contributed by atoms with van der Waals surface area (Å²) in [6.45, 7) is 0.781. The highest BCUT2D eigenvalue weighted by atomic mass is 16.5. The molecule has 0 saturated heterocycles. The first-order valence-electron chi connectivity index (χ1n) is 11.4. The summed E-state index contributed by atoms with van der Waals surface area (Å²) in [6, 6.07) is 13.9. The van der Waals surface area contributed by atoms with Crippen molar-refractivity contribution in [2.24, 2.45) is 0 Å². The summed E-state index contributed by atoms with van der Waals surface area (Å²) in [7, 11) is 0. The highest BCUT2D eigenvalue weighted by Gasteiger charge is 2.22. The molecule has 2 aliphatic carbocycles. The minimum absolute atomic E-state index is 0.102. The Kier molecular flexibility index (Phi) is 5.75. The van der Waals surface area contributed by atoms with E-state index >= 15 is 0 Å². The maximum Gasteiger partial charge on any atom is 0.339 e. The fourth-order valence-electron chi connectivity index (χ4n) is 4.35. The largest absolute Gasteiger partial charge is 0.490 e. The Morgan fingerprint density at radius 2 is 1.91 bits per heavy atom. The van der Waals surface area contributed by atoms with Gasteiger partial charge in [0.1, 0.15) is 23.5 Å². The van der Waals surface area contributed by atoms with Gasteiger partial charge in [0.2, 0.25) is 0 Å². The molecule has 1 saturated carbocycles. The predicted molar refractivity (Wildman–Crippen MR) is 123 cm³/mol. The minimum Gasteiger partial charge on any atom is -0.490 e. The number of nitrogens with zero attached hydrogens (tertiary/aromatic N) is 2. The lowest BCUT2D eigenvalue weighted by molar-refractivity contribution is 0.0680. The molecule has 0 unspecified atom stereocenters. The molecule has 0 amide bonds. The number of carboxylic acid groups (broad SMARTS) is 1. The number of hydrogen-bond acceptors (Lipinski definition) is 5. The minimum atomic E-state index is -0.984. The molecule has 0 bridgehead atoms. The van der Waals surface area contributed by atoms with E-state index in [1.54, 1.807) is 18.2 Å². The molecule has 1 fully saturated rings. The van der Waals surface area contributed by atoms with E-state index < -0.39 is 5.97 Å². The van der Waals surface area contributed by atoms with E-state index in [0.29, 0.717) is 5.75 Å². The van der Waals surface area contributed by atoms with Crippen molar-refractivity contribution in [1.29, 1.82) is 0 Å². The summed E-state index contributed by atoms with van der Waals surface area (Å²) >= 11 is 0. The van der Waals surface area contributed by atoms with Gasteiger partial charge in [0.25, 0.3) is 0 Å². The zero-order valence-corrected chi connectivity index (χ0v) is 18.0. The van der Waals surface area contributed by atoms with Gasteiger partial charge in [-0.1, -0.05) is 24.3 Å². The molecule has 6 nitrogen and oxygen atoms in total. The lowest BCUT2D eigenvalue weighted by Gasteiger charge is -2.27. The third kappa shape index (κ3) is 4.44. The molecule has 5 rings (SSSR count). The third-order valence-electron chi connectivity index (χ3n) is 6.40. The number of carbonyl (C=O) groups is 1. The molecule has 0 radical (unpaired) electrons. The molecule has 2 aliphatic rings. The first kappa shape index (κ1) is 20.5. The Morgan fingerprint density at radius 1 is 1.03 bits per heavy atom. The zero-order chi connectivity index (χ0) is 21.9. The van der Waals surface area contributed by atoms with Crippen LogP contribution in [-0.4, -0.2) is 33.7 Å². The van der Waals surface area contributed by atoms with Gasteiger partial charge in [-0.15, -0.1) is 0 Å². The van der Waals surface area contributed by atoms with Crippen LogP contribution in [0.25, 0.3) is 11.3 Å². The molecule has 1 heterocycles. The Labute approximate surface area is 187 Å². The maximum atomic E-state index is 11.6. The summed E-state index contributed by atoms with van der Waals surface area (Å²) < 4.78 is 5.94. The van der Waals surface area contributed by atoms with Crippen molar-refractivity contribution in [2.75, 3.05) is 11.9 Å². The Balaban J connectivity index is 1.28. The smallest absolute Gasteiger partial charge is 0.339 e. The van der Waals surface area contributed by atoms with Crippen LogP contribution in [0, 0.1) is 0 Å². The molecule has 0 atom stereocenters. The highest BCUT2D eigenvalue weighted by molar-refractivity contribution is 5.92. The highest BCUT2D eigenvalue weighted by Crippen LogP contribution is 2.31. The van der Waals surface area contributed by atoms with E-state index in [9.17, 15) is 9.90 Å². The molecule has 1 aromatic heterocycles. The number of aryl methyl sites for hydroxylation is 2. The monoisotopic (exact) mass is 429 g/mol. The summed E-state index contributed by atoms with van der Waals surface area (Å²) in [5.74, 6) is 0.173. The standard InChI is InChI=1S/C26H27N3O3/c30-26(31)22-10-9-20(14-24(22)32-21-5-2-6-21)23-15-25(29-16-28-23)27-12-11-17-7-8-18-3-1-4-19(18)13-17/h7-10,13-16,21H,1-6,11-12H2,(H,30,31)(H,27,28,29). The van der Waals surface area contributed by atoms with E-state index in [2.05, 4.69) is 33.5 Å². The molecule has 2 N–H and O–H groups in total. The van der Waals surface area contributed by atoms with Crippen molar-refractivity contribution in [3.63, 3.8) is 0 Å². The number of nitrogens with one attached hydrogen (secondary N) is 1. The number of carboxylic acids is 1. The Bertz CT molecular complexity index is 1140. The van der Waals surface area contributed by atoms with Crippen molar-refractivity contribution in [1.82, 2.24) is 9.97 Å². The third-order valence-corrected chi connectivity index (χ3v) is 6.40. The van der Waals surface area contributed by atoms with Gasteiger partial charge in [-0.05, 0) is 73.8 Å². The van der Waals surface area contributed by atoms with Gasteiger partial charge in [-0.25, -0.2) is 14.8 Å². The molecular formula is C26H27N3O3. The summed E-state index contributed by atoms with van der Waals surface area (Å²) in [4.78, 5) is 20.3. The summed E-state index contributed by atoms with van der Waals surface area (Å²) in [6.07, 6.45) is 9.29. The normalized spacial score (nSPS) is 15.1. The number of rotatable bonds is 8. The van der Waals surface area contributed by atoms with Gasteiger partial charge in [-0.2, -0.15) is 0 Å². The van der Waals surface area contributed by atoms with Gasteiger partial charge in [-0.3, -0.25) is 0 Å². The predicted octanol–water partition coefficient (Wildman–Crippen LogP) is 4.92. The molecule has 0 spiro atoms. The van der Waals surface area contributed by atoms with Crippen molar-refractivity contribution in [3.05, 3.63) is 71.0 Å². The molecular weight excluding hydrogens is 402 g/mol. The number of ether oxygens (including phenoxy) is 1. The van der Waals surface area contributed by atoms with E-state index in [1.165, 1.54) is 42.3 Å². The number of anilines is 1. The van der Waals surface area contributed by atoms with E-state index in [-0.39, 0.29) is 11.7 Å². The van der Waals surface area contributed by atoms with Crippen molar-refractivity contribution in [3.8, 4) is 17.0 Å². The van der Waals surface area contributed by atoms with E-state index in [0.717, 1.165) is 49.3 Å². The topological polar surface area (TPSA) is 84.3 Å². The summed E-state index contributed by atoms with van der Waals surface area (Å²) in [5, 5.41) is 12.9. The molecule has 6 heteroatoms. The first-order chi connectivity index (χ1) is 15.7. The molecule has 3 aromatic rings. The van der Waals surface area contributed by atoms with Crippen LogP contribution in [0.1, 0.15) is 52.7 Å².